The number of carbonyl (C=O) groups is 1. The van der Waals surface area contributed by atoms with Crippen molar-refractivity contribution in [3.8, 4) is 23.4 Å². The van der Waals surface area contributed by atoms with Crippen molar-refractivity contribution in [2.75, 3.05) is 11.5 Å². The molecule has 2 aliphatic heterocycles. The number of carbonyl (C=O) groups excluding carboxylic acids is 1. The molecule has 0 bridgehead atoms. The third-order valence-electron chi connectivity index (χ3n) is 5.80. The van der Waals surface area contributed by atoms with Gasteiger partial charge in [0.05, 0.1) is 24.7 Å². The first-order valence-electron chi connectivity index (χ1n) is 10.00. The second kappa shape index (κ2) is 8.79. The Bertz CT molecular complexity index is 1030. The Kier molecular flexibility index (Phi) is 5.94. The van der Waals surface area contributed by atoms with Crippen molar-refractivity contribution in [1.29, 1.82) is 10.5 Å². The fourth-order valence-electron chi connectivity index (χ4n) is 4.12. The van der Waals surface area contributed by atoms with E-state index in [4.69, 9.17) is 5.26 Å². The summed E-state index contributed by atoms with van der Waals surface area (Å²) in [6.45, 7) is 1.54. The smallest absolute Gasteiger partial charge is 0.223 e. The predicted octanol–water partition coefficient (Wildman–Crippen LogP) is 2.80. The van der Waals surface area contributed by atoms with E-state index in [1.165, 1.54) is 0 Å². The van der Waals surface area contributed by atoms with E-state index >= 15 is 0 Å². The molecule has 0 saturated carbocycles. The van der Waals surface area contributed by atoms with Gasteiger partial charge in [-0.25, -0.2) is 0 Å². The molecule has 0 radical (unpaired) electrons. The van der Waals surface area contributed by atoms with Gasteiger partial charge in [0.1, 0.15) is 11.5 Å². The third kappa shape index (κ3) is 4.28. The van der Waals surface area contributed by atoms with Crippen molar-refractivity contribution in [3.05, 3.63) is 58.7 Å². The van der Waals surface area contributed by atoms with Crippen LogP contribution in [0.1, 0.15) is 35.1 Å². The molecule has 2 heterocycles. The van der Waals surface area contributed by atoms with Crippen molar-refractivity contribution in [2.45, 2.75) is 32.5 Å². The average molecular weight is 419 g/mol. The number of amides is 1. The van der Waals surface area contributed by atoms with Crippen molar-refractivity contribution in [3.63, 3.8) is 0 Å². The number of rotatable bonds is 4. The highest BCUT2D eigenvalue weighted by Gasteiger charge is 2.27. The molecule has 0 aliphatic carbocycles. The molecule has 1 fully saturated rings. The summed E-state index contributed by atoms with van der Waals surface area (Å²) in [6, 6.07) is 13.7. The summed E-state index contributed by atoms with van der Waals surface area (Å²) in [5.74, 6) is 1.16. The summed E-state index contributed by atoms with van der Waals surface area (Å²) in [5, 5.41) is 21.4. The zero-order valence-corrected chi connectivity index (χ0v) is 17.4. The van der Waals surface area contributed by atoms with E-state index in [9.17, 15) is 14.6 Å². The van der Waals surface area contributed by atoms with Crippen molar-refractivity contribution < 1.29 is 9.35 Å². The SMILES string of the molecule is N#Cc1ccc(-c2cc(CNC(=O)C3CC[S+]([O-])CC3)cc3c2CN(C#N)C3)cc1. The fraction of sp³-hybridized carbons (Fsp3) is 0.348. The molecule has 2 aliphatic rings. The van der Waals surface area contributed by atoms with Crippen LogP contribution >= 0.6 is 0 Å². The van der Waals surface area contributed by atoms with E-state index in [0.29, 0.717) is 49.5 Å². The maximum atomic E-state index is 12.5. The number of hydrogen-bond donors (Lipinski definition) is 1. The van der Waals surface area contributed by atoms with Crippen LogP contribution in [0.3, 0.4) is 0 Å². The van der Waals surface area contributed by atoms with Crippen LogP contribution in [0.4, 0.5) is 0 Å². The van der Waals surface area contributed by atoms with Gasteiger partial charge in [0.15, 0.2) is 6.19 Å². The highest BCUT2D eigenvalue weighted by molar-refractivity contribution is 7.91. The van der Waals surface area contributed by atoms with E-state index in [1.54, 1.807) is 17.0 Å². The Morgan fingerprint density at radius 3 is 2.57 bits per heavy atom. The van der Waals surface area contributed by atoms with E-state index < -0.39 is 11.2 Å². The molecule has 2 aromatic rings. The van der Waals surface area contributed by atoms with Crippen molar-refractivity contribution >= 4 is 17.1 Å². The Hall–Kier alpha value is -3.00. The zero-order valence-electron chi connectivity index (χ0n) is 16.6. The highest BCUT2D eigenvalue weighted by Crippen LogP contribution is 2.34. The summed E-state index contributed by atoms with van der Waals surface area (Å²) in [5.41, 5.74) is 5.83. The molecule has 0 spiro atoms. The maximum absolute atomic E-state index is 12.5. The minimum absolute atomic E-state index is 0.0192. The van der Waals surface area contributed by atoms with Gasteiger partial charge in [-0.3, -0.25) is 4.79 Å². The normalized spacial score (nSPS) is 20.2. The number of fused-ring (bicyclic) bond motifs is 1. The van der Waals surface area contributed by atoms with Gasteiger partial charge < -0.3 is 14.8 Å². The number of nitriles is 2. The molecule has 1 N–H and O–H groups in total. The molecule has 0 unspecified atom stereocenters. The van der Waals surface area contributed by atoms with Crippen LogP contribution in [-0.2, 0) is 35.6 Å². The molecule has 30 heavy (non-hydrogen) atoms. The summed E-state index contributed by atoms with van der Waals surface area (Å²) >= 11 is -0.780. The average Bonchev–Trinajstić information content (AvgIpc) is 3.21. The van der Waals surface area contributed by atoms with Crippen molar-refractivity contribution in [2.24, 2.45) is 5.92 Å². The predicted molar refractivity (Wildman–Crippen MR) is 114 cm³/mol. The summed E-state index contributed by atoms with van der Waals surface area (Å²) in [7, 11) is 0. The Morgan fingerprint density at radius 1 is 1.17 bits per heavy atom. The minimum atomic E-state index is -0.780. The monoisotopic (exact) mass is 418 g/mol. The first-order valence-corrected chi connectivity index (χ1v) is 11.5. The standard InChI is InChI=1S/C23H22N4O2S/c24-11-16-1-3-18(4-2-16)21-10-17(9-20-13-27(15-25)14-22(20)21)12-26-23(28)19-5-7-30(29)8-6-19/h1-4,9-10,19H,5-8,12-14H2,(H,26,28). The van der Waals surface area contributed by atoms with Crippen LogP contribution in [0.25, 0.3) is 11.1 Å². The van der Waals surface area contributed by atoms with E-state index in [1.807, 2.05) is 12.1 Å². The second-order valence-electron chi connectivity index (χ2n) is 7.77. The number of nitrogens with one attached hydrogen (secondary N) is 1. The molecule has 4 rings (SSSR count). The lowest BCUT2D eigenvalue weighted by molar-refractivity contribution is -0.125. The first kappa shape index (κ1) is 20.3. The number of hydrogen-bond acceptors (Lipinski definition) is 5. The van der Waals surface area contributed by atoms with E-state index in [2.05, 4.69) is 29.7 Å². The van der Waals surface area contributed by atoms with E-state index in [-0.39, 0.29) is 11.8 Å². The van der Waals surface area contributed by atoms with Gasteiger partial charge in [-0.05, 0) is 46.0 Å². The zero-order chi connectivity index (χ0) is 21.1. The van der Waals surface area contributed by atoms with Crippen LogP contribution in [0.15, 0.2) is 36.4 Å². The van der Waals surface area contributed by atoms with Gasteiger partial charge in [-0.1, -0.05) is 29.4 Å². The van der Waals surface area contributed by atoms with Gasteiger partial charge in [0, 0.05) is 25.3 Å². The molecule has 6 nitrogen and oxygen atoms in total. The Balaban J connectivity index is 1.56. The molecular weight excluding hydrogens is 396 g/mol. The second-order valence-corrected chi connectivity index (χ2v) is 9.46. The first-order chi connectivity index (χ1) is 14.6. The lowest BCUT2D eigenvalue weighted by Gasteiger charge is -2.23. The van der Waals surface area contributed by atoms with Crippen LogP contribution in [-0.4, -0.2) is 26.9 Å². The van der Waals surface area contributed by atoms with Crippen LogP contribution in [0.2, 0.25) is 0 Å². The Morgan fingerprint density at radius 2 is 1.90 bits per heavy atom. The molecule has 1 saturated heterocycles. The molecule has 1 amide bonds. The topological polar surface area (TPSA) is 103 Å². The van der Waals surface area contributed by atoms with Crippen LogP contribution in [0.5, 0.6) is 0 Å². The van der Waals surface area contributed by atoms with E-state index in [0.717, 1.165) is 27.8 Å². The van der Waals surface area contributed by atoms with Gasteiger partial charge in [0.2, 0.25) is 5.91 Å². The quantitative estimate of drug-likeness (QED) is 0.607. The van der Waals surface area contributed by atoms with Crippen LogP contribution in [0, 0.1) is 28.7 Å². The molecule has 7 heteroatoms. The molecule has 152 valence electrons. The maximum Gasteiger partial charge on any atom is 0.223 e. The van der Waals surface area contributed by atoms with Gasteiger partial charge in [-0.15, -0.1) is 0 Å². The van der Waals surface area contributed by atoms with Crippen molar-refractivity contribution in [1.82, 2.24) is 10.2 Å². The van der Waals surface area contributed by atoms with Gasteiger partial charge >= 0.3 is 0 Å². The minimum Gasteiger partial charge on any atom is -0.616 e. The summed E-state index contributed by atoms with van der Waals surface area (Å²) in [4.78, 5) is 14.3. The molecule has 2 aromatic carbocycles. The summed E-state index contributed by atoms with van der Waals surface area (Å²) < 4.78 is 11.5. The highest BCUT2D eigenvalue weighted by atomic mass is 32.2. The lowest BCUT2D eigenvalue weighted by Crippen LogP contribution is -2.35. The van der Waals surface area contributed by atoms with Crippen LogP contribution < -0.4 is 5.32 Å². The Labute approximate surface area is 179 Å². The number of benzene rings is 2. The van der Waals surface area contributed by atoms with Gasteiger partial charge in [0.25, 0.3) is 0 Å². The molecular formula is C23H22N4O2S. The largest absolute Gasteiger partial charge is 0.616 e. The molecule has 0 aromatic heterocycles. The third-order valence-corrected chi connectivity index (χ3v) is 7.19. The number of nitrogens with zero attached hydrogens (tertiary/aromatic N) is 3. The fourth-order valence-corrected chi connectivity index (χ4v) is 5.42. The summed E-state index contributed by atoms with van der Waals surface area (Å²) in [6.07, 6.45) is 3.57. The molecule has 0 atom stereocenters. The lowest BCUT2D eigenvalue weighted by atomic mass is 9.93. The van der Waals surface area contributed by atoms with Gasteiger partial charge in [-0.2, -0.15) is 10.5 Å².